The van der Waals surface area contributed by atoms with E-state index in [0.29, 0.717) is 0 Å². The summed E-state index contributed by atoms with van der Waals surface area (Å²) in [5.74, 6) is 0. The number of hydrogen-bond donors (Lipinski definition) is 4. The van der Waals surface area contributed by atoms with Crippen molar-refractivity contribution in [3.05, 3.63) is 71.8 Å². The fraction of sp³-hybridized carbons (Fsp3) is 0.400. The van der Waals surface area contributed by atoms with E-state index < -0.39 is 36.8 Å². The van der Waals surface area contributed by atoms with Crippen molar-refractivity contribution < 1.29 is 29.9 Å². The predicted octanol–water partition coefficient (Wildman–Crippen LogP) is 0.616. The Morgan fingerprint density at radius 1 is 0.885 bits per heavy atom. The molecule has 5 atom stereocenters. The first-order chi connectivity index (χ1) is 12.6. The molecule has 0 aliphatic carbocycles. The molecule has 2 aromatic carbocycles. The number of aliphatic hydroxyl groups excluding tert-OH is 4. The van der Waals surface area contributed by atoms with Gasteiger partial charge in [-0.05, 0) is 11.1 Å². The first kappa shape index (κ1) is 19.0. The fourth-order valence-electron chi connectivity index (χ4n) is 3.35. The molecule has 1 heterocycles. The van der Waals surface area contributed by atoms with Crippen molar-refractivity contribution in [3.63, 3.8) is 0 Å². The summed E-state index contributed by atoms with van der Waals surface area (Å²) in [6.45, 7) is -0.310. The Kier molecular flexibility index (Phi) is 6.03. The van der Waals surface area contributed by atoms with Crippen LogP contribution in [0.3, 0.4) is 0 Å². The van der Waals surface area contributed by atoms with E-state index in [1.54, 1.807) is 0 Å². The van der Waals surface area contributed by atoms with Gasteiger partial charge in [0.2, 0.25) is 0 Å². The van der Waals surface area contributed by atoms with Gasteiger partial charge in [-0.3, -0.25) is 0 Å². The average molecular weight is 360 g/mol. The maximum absolute atomic E-state index is 10.8. The SMILES string of the molecule is OC[C@H]1O[C@H](O)[C@@H](O)[C@@H](O)[C@]1(Cc1ccccc1)OCc1ccccc1. The van der Waals surface area contributed by atoms with Gasteiger partial charge < -0.3 is 29.9 Å². The van der Waals surface area contributed by atoms with Crippen molar-refractivity contribution in [2.45, 2.75) is 43.2 Å². The molecule has 0 saturated carbocycles. The molecule has 1 aliphatic heterocycles. The first-order valence-electron chi connectivity index (χ1n) is 8.59. The third-order valence-corrected chi connectivity index (χ3v) is 4.80. The number of hydrogen-bond acceptors (Lipinski definition) is 6. The van der Waals surface area contributed by atoms with E-state index in [0.717, 1.165) is 11.1 Å². The lowest BCUT2D eigenvalue weighted by Gasteiger charge is -2.49. The highest BCUT2D eigenvalue weighted by atomic mass is 16.7. The lowest BCUT2D eigenvalue weighted by molar-refractivity contribution is -0.333. The molecule has 2 aromatic rings. The third-order valence-electron chi connectivity index (χ3n) is 4.80. The van der Waals surface area contributed by atoms with Gasteiger partial charge in [-0.1, -0.05) is 60.7 Å². The Hall–Kier alpha value is -1.80. The monoisotopic (exact) mass is 360 g/mol. The highest BCUT2D eigenvalue weighted by molar-refractivity contribution is 5.21. The van der Waals surface area contributed by atoms with Crippen molar-refractivity contribution in [2.75, 3.05) is 6.61 Å². The van der Waals surface area contributed by atoms with Crippen LogP contribution in [-0.2, 0) is 22.5 Å². The Bertz CT molecular complexity index is 675. The molecule has 140 valence electrons. The van der Waals surface area contributed by atoms with Gasteiger partial charge in [-0.15, -0.1) is 0 Å². The van der Waals surface area contributed by atoms with Gasteiger partial charge in [-0.2, -0.15) is 0 Å². The molecule has 26 heavy (non-hydrogen) atoms. The largest absolute Gasteiger partial charge is 0.394 e. The molecule has 1 saturated heterocycles. The molecule has 0 bridgehead atoms. The lowest BCUT2D eigenvalue weighted by Crippen LogP contribution is -2.68. The second-order valence-corrected chi connectivity index (χ2v) is 6.52. The second-order valence-electron chi connectivity index (χ2n) is 6.52. The van der Waals surface area contributed by atoms with Crippen LogP contribution in [0.4, 0.5) is 0 Å². The van der Waals surface area contributed by atoms with E-state index in [4.69, 9.17) is 9.47 Å². The number of aliphatic hydroxyl groups is 4. The third kappa shape index (κ3) is 3.81. The summed E-state index contributed by atoms with van der Waals surface area (Å²) in [6, 6.07) is 18.7. The van der Waals surface area contributed by atoms with Gasteiger partial charge in [0.1, 0.15) is 23.9 Å². The standard InChI is InChI=1S/C20H24O6/c21-12-16-20(11-14-7-3-1-4-8-14,18(23)17(22)19(24)26-16)25-13-15-9-5-2-6-10-15/h1-10,16-19,21-24H,11-13H2/t16-,17+,18-,19+,20-/m1/s1. The van der Waals surface area contributed by atoms with Crippen molar-refractivity contribution in [1.82, 2.24) is 0 Å². The summed E-state index contributed by atoms with van der Waals surface area (Å²) in [6.07, 6.45) is -5.37. The van der Waals surface area contributed by atoms with Crippen LogP contribution < -0.4 is 0 Å². The molecule has 1 fully saturated rings. The van der Waals surface area contributed by atoms with Gasteiger partial charge >= 0.3 is 0 Å². The van der Waals surface area contributed by atoms with Gasteiger partial charge in [0.15, 0.2) is 6.29 Å². The van der Waals surface area contributed by atoms with E-state index >= 15 is 0 Å². The molecule has 0 amide bonds. The minimum Gasteiger partial charge on any atom is -0.394 e. The highest BCUT2D eigenvalue weighted by Crippen LogP contribution is 2.36. The smallest absolute Gasteiger partial charge is 0.184 e. The number of benzene rings is 2. The zero-order chi connectivity index (χ0) is 18.6. The zero-order valence-corrected chi connectivity index (χ0v) is 14.3. The Labute approximate surface area is 152 Å². The lowest BCUT2D eigenvalue weighted by atomic mass is 9.79. The van der Waals surface area contributed by atoms with Crippen molar-refractivity contribution in [2.24, 2.45) is 0 Å². The van der Waals surface area contributed by atoms with E-state index in [2.05, 4.69) is 0 Å². The van der Waals surface area contributed by atoms with Crippen molar-refractivity contribution in [1.29, 1.82) is 0 Å². The summed E-state index contributed by atoms with van der Waals surface area (Å²) >= 11 is 0. The quantitative estimate of drug-likeness (QED) is 0.603. The van der Waals surface area contributed by atoms with Crippen LogP contribution in [-0.4, -0.2) is 57.2 Å². The molecule has 6 heteroatoms. The minimum absolute atomic E-state index is 0.160. The Morgan fingerprint density at radius 3 is 2.04 bits per heavy atom. The van der Waals surface area contributed by atoms with Crippen LogP contribution in [0.1, 0.15) is 11.1 Å². The molecule has 0 spiro atoms. The van der Waals surface area contributed by atoms with Gasteiger partial charge in [0.05, 0.1) is 13.2 Å². The van der Waals surface area contributed by atoms with Crippen molar-refractivity contribution >= 4 is 0 Å². The number of ether oxygens (including phenoxy) is 2. The average Bonchev–Trinajstić information content (AvgIpc) is 2.69. The molecule has 4 N–H and O–H groups in total. The summed E-state index contributed by atoms with van der Waals surface area (Å²) in [7, 11) is 0. The number of rotatable bonds is 6. The minimum atomic E-state index is -1.59. The summed E-state index contributed by atoms with van der Waals surface area (Å²) in [4.78, 5) is 0. The molecule has 6 nitrogen and oxygen atoms in total. The van der Waals surface area contributed by atoms with Gasteiger partial charge in [0.25, 0.3) is 0 Å². The molecule has 3 rings (SSSR count). The van der Waals surface area contributed by atoms with Crippen molar-refractivity contribution in [3.8, 4) is 0 Å². The summed E-state index contributed by atoms with van der Waals surface area (Å²) in [5.41, 5.74) is 0.319. The van der Waals surface area contributed by atoms with E-state index in [9.17, 15) is 20.4 Å². The Morgan fingerprint density at radius 2 is 1.46 bits per heavy atom. The summed E-state index contributed by atoms with van der Waals surface area (Å²) in [5, 5.41) is 40.6. The van der Waals surface area contributed by atoms with Crippen LogP contribution >= 0.6 is 0 Å². The highest BCUT2D eigenvalue weighted by Gasteiger charge is 2.56. The molecular formula is C20H24O6. The van der Waals surface area contributed by atoms with Crippen LogP contribution in [0.25, 0.3) is 0 Å². The normalized spacial score (nSPS) is 31.7. The van der Waals surface area contributed by atoms with E-state index in [-0.39, 0.29) is 13.0 Å². The molecule has 1 aliphatic rings. The van der Waals surface area contributed by atoms with Crippen LogP contribution in [0.5, 0.6) is 0 Å². The first-order valence-corrected chi connectivity index (χ1v) is 8.59. The predicted molar refractivity (Wildman–Crippen MR) is 94.1 cm³/mol. The Balaban J connectivity index is 1.93. The van der Waals surface area contributed by atoms with E-state index in [1.165, 1.54) is 0 Å². The maximum atomic E-state index is 10.8. The molecule has 0 unspecified atom stereocenters. The van der Waals surface area contributed by atoms with Gasteiger partial charge in [0, 0.05) is 6.42 Å². The molecular weight excluding hydrogens is 336 g/mol. The van der Waals surface area contributed by atoms with Crippen LogP contribution in [0.15, 0.2) is 60.7 Å². The second kappa shape index (κ2) is 8.26. The summed E-state index contributed by atoms with van der Waals surface area (Å²) < 4.78 is 11.5. The fourth-order valence-corrected chi connectivity index (χ4v) is 3.35. The molecule has 0 radical (unpaired) electrons. The maximum Gasteiger partial charge on any atom is 0.184 e. The zero-order valence-electron chi connectivity index (χ0n) is 14.3. The molecule has 0 aromatic heterocycles. The van der Waals surface area contributed by atoms with Crippen LogP contribution in [0.2, 0.25) is 0 Å². The topological polar surface area (TPSA) is 99.4 Å². The van der Waals surface area contributed by atoms with E-state index in [1.807, 2.05) is 60.7 Å². The van der Waals surface area contributed by atoms with Crippen LogP contribution in [0, 0.1) is 0 Å². The van der Waals surface area contributed by atoms with Gasteiger partial charge in [-0.25, -0.2) is 0 Å².